The third-order valence-corrected chi connectivity index (χ3v) is 5.72. The van der Waals surface area contributed by atoms with Gasteiger partial charge in [0.2, 0.25) is 10.0 Å². The molecule has 1 aromatic carbocycles. The summed E-state index contributed by atoms with van der Waals surface area (Å²) in [7, 11) is -0.561. The lowest BCUT2D eigenvalue weighted by Gasteiger charge is -2.18. The van der Waals surface area contributed by atoms with Crippen LogP contribution >= 0.6 is 0 Å². The highest BCUT2D eigenvalue weighted by Crippen LogP contribution is 2.24. The number of halogens is 2. The van der Waals surface area contributed by atoms with Crippen LogP contribution in [-0.4, -0.2) is 36.2 Å². The molecule has 6 nitrogen and oxygen atoms in total. The Labute approximate surface area is 139 Å². The smallest absolute Gasteiger partial charge is 0.387 e. The van der Waals surface area contributed by atoms with Gasteiger partial charge in [0.15, 0.2) is 0 Å². The van der Waals surface area contributed by atoms with E-state index in [1.165, 1.54) is 28.2 Å². The van der Waals surface area contributed by atoms with Gasteiger partial charge in [-0.05, 0) is 31.5 Å². The summed E-state index contributed by atoms with van der Waals surface area (Å²) in [4.78, 5) is 0.185. The SMILES string of the molecule is Cc1nn(C)c(C)c1S(=O)(=O)N(C)Cc1ccc(OC(F)F)cc1. The van der Waals surface area contributed by atoms with Gasteiger partial charge in [-0.25, -0.2) is 8.42 Å². The average molecular weight is 359 g/mol. The molecule has 0 aliphatic heterocycles. The number of alkyl halides is 2. The molecule has 0 saturated heterocycles. The van der Waals surface area contributed by atoms with Crippen molar-refractivity contribution in [2.24, 2.45) is 7.05 Å². The number of ether oxygens (including phenoxy) is 1. The van der Waals surface area contributed by atoms with Gasteiger partial charge in [-0.1, -0.05) is 12.1 Å². The van der Waals surface area contributed by atoms with Crippen LogP contribution in [0.2, 0.25) is 0 Å². The van der Waals surface area contributed by atoms with Gasteiger partial charge in [0.25, 0.3) is 0 Å². The van der Waals surface area contributed by atoms with Gasteiger partial charge in [-0.2, -0.15) is 18.2 Å². The largest absolute Gasteiger partial charge is 0.435 e. The number of aryl methyl sites for hydroxylation is 2. The van der Waals surface area contributed by atoms with Crippen LogP contribution in [0.15, 0.2) is 29.2 Å². The van der Waals surface area contributed by atoms with Crippen LogP contribution in [-0.2, 0) is 23.6 Å². The Hall–Kier alpha value is -2.00. The van der Waals surface area contributed by atoms with Crippen LogP contribution in [0.1, 0.15) is 17.0 Å². The first-order valence-electron chi connectivity index (χ1n) is 7.13. The Morgan fingerprint density at radius 1 is 1.25 bits per heavy atom. The molecular weight excluding hydrogens is 340 g/mol. The lowest BCUT2D eigenvalue weighted by Crippen LogP contribution is -2.27. The predicted molar refractivity (Wildman–Crippen MR) is 84.4 cm³/mol. The zero-order chi connectivity index (χ0) is 18.1. The van der Waals surface area contributed by atoms with Crippen molar-refractivity contribution in [2.75, 3.05) is 7.05 Å². The van der Waals surface area contributed by atoms with Crippen LogP contribution in [0.25, 0.3) is 0 Å². The second kappa shape index (κ2) is 6.86. The Morgan fingerprint density at radius 2 is 1.83 bits per heavy atom. The van der Waals surface area contributed by atoms with E-state index in [0.717, 1.165) is 0 Å². The van der Waals surface area contributed by atoms with E-state index >= 15 is 0 Å². The molecule has 24 heavy (non-hydrogen) atoms. The van der Waals surface area contributed by atoms with Gasteiger partial charge < -0.3 is 4.74 Å². The highest BCUT2D eigenvalue weighted by atomic mass is 32.2. The average Bonchev–Trinajstić information content (AvgIpc) is 2.73. The van der Waals surface area contributed by atoms with E-state index in [1.54, 1.807) is 33.0 Å². The Balaban J connectivity index is 2.20. The summed E-state index contributed by atoms with van der Waals surface area (Å²) in [6.07, 6.45) is 0. The molecule has 0 radical (unpaired) electrons. The summed E-state index contributed by atoms with van der Waals surface area (Å²) in [5, 5.41) is 4.13. The minimum absolute atomic E-state index is 0.0261. The van der Waals surface area contributed by atoms with Gasteiger partial charge >= 0.3 is 6.61 Å². The van der Waals surface area contributed by atoms with Crippen molar-refractivity contribution >= 4 is 10.0 Å². The Bertz CT molecular complexity index is 817. The van der Waals surface area contributed by atoms with E-state index in [9.17, 15) is 17.2 Å². The number of hydrogen-bond donors (Lipinski definition) is 0. The van der Waals surface area contributed by atoms with E-state index < -0.39 is 16.6 Å². The predicted octanol–water partition coefficient (Wildman–Crippen LogP) is 2.46. The normalized spacial score (nSPS) is 12.2. The number of aromatic nitrogens is 2. The minimum Gasteiger partial charge on any atom is -0.435 e. The van der Waals surface area contributed by atoms with Crippen molar-refractivity contribution in [2.45, 2.75) is 31.9 Å². The molecule has 0 aliphatic rings. The summed E-state index contributed by atoms with van der Waals surface area (Å²) in [5.74, 6) is 0.0261. The summed E-state index contributed by atoms with van der Waals surface area (Å²) < 4.78 is 56.8. The molecule has 0 amide bonds. The van der Waals surface area contributed by atoms with Gasteiger partial charge in [0, 0.05) is 20.6 Å². The number of rotatable bonds is 6. The summed E-state index contributed by atoms with van der Waals surface area (Å²) in [6.45, 7) is 0.544. The van der Waals surface area contributed by atoms with Crippen molar-refractivity contribution in [3.8, 4) is 5.75 Å². The van der Waals surface area contributed by atoms with Crippen molar-refractivity contribution in [3.63, 3.8) is 0 Å². The molecule has 2 rings (SSSR count). The number of nitrogens with zero attached hydrogens (tertiary/aromatic N) is 3. The molecule has 1 heterocycles. The van der Waals surface area contributed by atoms with Crippen LogP contribution in [0, 0.1) is 13.8 Å². The first kappa shape index (κ1) is 18.3. The molecule has 132 valence electrons. The second-order valence-electron chi connectivity index (χ2n) is 5.41. The molecule has 0 bridgehead atoms. The maximum absolute atomic E-state index is 12.8. The maximum Gasteiger partial charge on any atom is 0.387 e. The first-order chi connectivity index (χ1) is 11.1. The number of hydrogen-bond acceptors (Lipinski definition) is 4. The van der Waals surface area contributed by atoms with Crippen molar-refractivity contribution in [1.29, 1.82) is 0 Å². The lowest BCUT2D eigenvalue weighted by atomic mass is 10.2. The molecular formula is C15H19F2N3O3S. The van der Waals surface area contributed by atoms with Gasteiger partial charge in [0.1, 0.15) is 10.6 Å². The van der Waals surface area contributed by atoms with Crippen LogP contribution in [0.3, 0.4) is 0 Å². The Morgan fingerprint density at radius 3 is 2.29 bits per heavy atom. The van der Waals surface area contributed by atoms with Gasteiger partial charge in [-0.3, -0.25) is 4.68 Å². The monoisotopic (exact) mass is 359 g/mol. The number of benzene rings is 1. The first-order valence-corrected chi connectivity index (χ1v) is 8.57. The zero-order valence-electron chi connectivity index (χ0n) is 13.8. The summed E-state index contributed by atoms with van der Waals surface area (Å²) >= 11 is 0. The van der Waals surface area contributed by atoms with Crippen molar-refractivity contribution in [1.82, 2.24) is 14.1 Å². The van der Waals surface area contributed by atoms with E-state index in [-0.39, 0.29) is 17.2 Å². The molecule has 0 atom stereocenters. The molecule has 0 aliphatic carbocycles. The van der Waals surface area contributed by atoms with Crippen molar-refractivity contribution in [3.05, 3.63) is 41.2 Å². The van der Waals surface area contributed by atoms with Crippen LogP contribution in [0.4, 0.5) is 8.78 Å². The third-order valence-electron chi connectivity index (χ3n) is 3.66. The van der Waals surface area contributed by atoms with Crippen LogP contribution < -0.4 is 4.74 Å². The number of sulfonamides is 1. The van der Waals surface area contributed by atoms with E-state index in [0.29, 0.717) is 17.0 Å². The molecule has 0 spiro atoms. The zero-order valence-corrected chi connectivity index (χ0v) is 14.6. The van der Waals surface area contributed by atoms with Gasteiger partial charge in [0.05, 0.1) is 11.4 Å². The van der Waals surface area contributed by atoms with Crippen LogP contribution in [0.5, 0.6) is 5.75 Å². The third kappa shape index (κ3) is 3.73. The quantitative estimate of drug-likeness (QED) is 0.795. The highest BCUT2D eigenvalue weighted by Gasteiger charge is 2.28. The van der Waals surface area contributed by atoms with Crippen molar-refractivity contribution < 1.29 is 21.9 Å². The molecule has 0 fully saturated rings. The fraction of sp³-hybridized carbons (Fsp3) is 0.400. The second-order valence-corrected chi connectivity index (χ2v) is 7.39. The minimum atomic E-state index is -3.71. The van der Waals surface area contributed by atoms with E-state index in [1.807, 2.05) is 0 Å². The fourth-order valence-corrected chi connectivity index (χ4v) is 3.95. The molecule has 2 aromatic rings. The maximum atomic E-state index is 12.8. The van der Waals surface area contributed by atoms with E-state index in [2.05, 4.69) is 9.84 Å². The Kier molecular flexibility index (Phi) is 5.24. The molecule has 0 saturated carbocycles. The fourth-order valence-electron chi connectivity index (χ4n) is 2.40. The molecule has 0 N–H and O–H groups in total. The lowest BCUT2D eigenvalue weighted by molar-refractivity contribution is -0.0498. The van der Waals surface area contributed by atoms with E-state index in [4.69, 9.17) is 0 Å². The standard InChI is InChI=1S/C15H19F2N3O3S/c1-10-14(11(2)20(4)18-10)24(21,22)19(3)9-12-5-7-13(8-6-12)23-15(16)17/h5-8,15H,9H2,1-4H3. The summed E-state index contributed by atoms with van der Waals surface area (Å²) in [6, 6.07) is 5.85. The molecule has 9 heteroatoms. The van der Waals surface area contributed by atoms with Gasteiger partial charge in [-0.15, -0.1) is 0 Å². The molecule has 0 unspecified atom stereocenters. The highest BCUT2D eigenvalue weighted by molar-refractivity contribution is 7.89. The summed E-state index contributed by atoms with van der Waals surface area (Å²) in [5.41, 5.74) is 1.64. The molecule has 1 aromatic heterocycles. The topological polar surface area (TPSA) is 64.4 Å².